The molecule has 0 heterocycles. The molecule has 144 valence electrons. The molecule has 0 aliphatic heterocycles. The quantitative estimate of drug-likeness (QED) is 0.615. The van der Waals surface area contributed by atoms with E-state index >= 15 is 0 Å². The molecule has 0 saturated carbocycles. The fraction of sp³-hybridized carbons (Fsp3) is 0.300. The summed E-state index contributed by atoms with van der Waals surface area (Å²) in [5.41, 5.74) is 1.89. The molecular weight excluding hydrogens is 348 g/mol. The first kappa shape index (κ1) is 20.1. The van der Waals surface area contributed by atoms with E-state index in [0.29, 0.717) is 13.1 Å². The number of nitrogens with one attached hydrogen (secondary N) is 2. The Morgan fingerprint density at radius 3 is 2.19 bits per heavy atom. The van der Waals surface area contributed by atoms with Crippen molar-refractivity contribution in [2.45, 2.75) is 39.5 Å². The smallest absolute Gasteiger partial charge is 0.407 e. The molecule has 4 N–H and O–H groups in total. The molecule has 2 aromatic carbocycles. The SMILES string of the molecule is CC(C)(C)OC(=O)NCc1ccc(NCc2ccc(C(=O)O)c(O)c2)cc1. The van der Waals surface area contributed by atoms with Gasteiger partial charge in [-0.2, -0.15) is 0 Å². The summed E-state index contributed by atoms with van der Waals surface area (Å²) in [4.78, 5) is 22.5. The van der Waals surface area contributed by atoms with Crippen LogP contribution in [0, 0.1) is 0 Å². The van der Waals surface area contributed by atoms with Gasteiger partial charge in [0.25, 0.3) is 0 Å². The first-order chi connectivity index (χ1) is 12.6. The predicted octanol–water partition coefficient (Wildman–Crippen LogP) is 3.73. The van der Waals surface area contributed by atoms with Crippen molar-refractivity contribution in [1.29, 1.82) is 0 Å². The van der Waals surface area contributed by atoms with Crippen molar-refractivity contribution in [3.8, 4) is 5.75 Å². The third-order valence-electron chi connectivity index (χ3n) is 3.58. The van der Waals surface area contributed by atoms with Crippen LogP contribution >= 0.6 is 0 Å². The van der Waals surface area contributed by atoms with Gasteiger partial charge in [-0.05, 0) is 56.2 Å². The van der Waals surface area contributed by atoms with Crippen molar-refractivity contribution in [2.75, 3.05) is 5.32 Å². The highest BCUT2D eigenvalue weighted by molar-refractivity contribution is 5.90. The van der Waals surface area contributed by atoms with Crippen LogP contribution in [0.4, 0.5) is 10.5 Å². The van der Waals surface area contributed by atoms with Crippen LogP contribution in [0.1, 0.15) is 42.3 Å². The molecule has 0 radical (unpaired) electrons. The van der Waals surface area contributed by atoms with Crippen LogP contribution in [0.25, 0.3) is 0 Å². The molecule has 2 aromatic rings. The molecule has 0 atom stereocenters. The predicted molar refractivity (Wildman–Crippen MR) is 102 cm³/mol. The van der Waals surface area contributed by atoms with Gasteiger partial charge in [0.05, 0.1) is 0 Å². The summed E-state index contributed by atoms with van der Waals surface area (Å²) in [6.07, 6.45) is -0.464. The average molecular weight is 372 g/mol. The minimum absolute atomic E-state index is 0.124. The molecule has 27 heavy (non-hydrogen) atoms. The average Bonchev–Trinajstić information content (AvgIpc) is 2.57. The molecule has 0 spiro atoms. The van der Waals surface area contributed by atoms with Crippen LogP contribution in [-0.4, -0.2) is 27.9 Å². The lowest BCUT2D eigenvalue weighted by Gasteiger charge is -2.19. The van der Waals surface area contributed by atoms with Crippen LogP contribution in [0.2, 0.25) is 0 Å². The molecule has 0 bridgehead atoms. The van der Waals surface area contributed by atoms with E-state index in [4.69, 9.17) is 9.84 Å². The number of anilines is 1. The zero-order chi connectivity index (χ0) is 20.0. The number of amides is 1. The Kier molecular flexibility index (Phi) is 6.28. The van der Waals surface area contributed by atoms with Gasteiger partial charge < -0.3 is 25.6 Å². The van der Waals surface area contributed by atoms with Gasteiger partial charge in [-0.25, -0.2) is 9.59 Å². The maximum absolute atomic E-state index is 11.6. The van der Waals surface area contributed by atoms with Crippen molar-refractivity contribution < 1.29 is 24.5 Å². The number of aromatic hydroxyl groups is 1. The highest BCUT2D eigenvalue weighted by Crippen LogP contribution is 2.20. The standard InChI is InChI=1S/C20H24N2O5/c1-20(2,3)27-19(26)22-11-13-4-7-15(8-5-13)21-12-14-6-9-16(18(24)25)17(23)10-14/h4-10,21,23H,11-12H2,1-3H3,(H,22,26)(H,24,25). The number of carbonyl (C=O) groups excluding carboxylic acids is 1. The van der Waals surface area contributed by atoms with E-state index in [9.17, 15) is 14.7 Å². The number of rotatable bonds is 6. The zero-order valence-corrected chi connectivity index (χ0v) is 15.6. The van der Waals surface area contributed by atoms with Gasteiger partial charge in [0.1, 0.15) is 16.9 Å². The fourth-order valence-electron chi connectivity index (χ4n) is 2.30. The summed E-state index contributed by atoms with van der Waals surface area (Å²) >= 11 is 0. The highest BCUT2D eigenvalue weighted by atomic mass is 16.6. The lowest BCUT2D eigenvalue weighted by Crippen LogP contribution is -2.32. The number of carboxylic acid groups (broad SMARTS) is 1. The van der Waals surface area contributed by atoms with Gasteiger partial charge in [0.15, 0.2) is 0 Å². The molecule has 1 amide bonds. The van der Waals surface area contributed by atoms with Crippen molar-refractivity contribution in [2.24, 2.45) is 0 Å². The Bertz CT molecular complexity index is 810. The molecule has 2 rings (SSSR count). The normalized spacial score (nSPS) is 10.9. The van der Waals surface area contributed by atoms with Gasteiger partial charge in [-0.1, -0.05) is 18.2 Å². The number of carbonyl (C=O) groups is 2. The second-order valence-electron chi connectivity index (χ2n) is 7.06. The van der Waals surface area contributed by atoms with E-state index in [1.165, 1.54) is 12.1 Å². The van der Waals surface area contributed by atoms with Crippen LogP contribution in [0.15, 0.2) is 42.5 Å². The number of benzene rings is 2. The summed E-state index contributed by atoms with van der Waals surface area (Å²) in [7, 11) is 0. The Morgan fingerprint density at radius 2 is 1.63 bits per heavy atom. The first-order valence-corrected chi connectivity index (χ1v) is 8.49. The topological polar surface area (TPSA) is 108 Å². The molecule has 0 fully saturated rings. The van der Waals surface area contributed by atoms with Gasteiger partial charge in [0, 0.05) is 18.8 Å². The van der Waals surface area contributed by atoms with E-state index in [1.54, 1.807) is 6.07 Å². The Balaban J connectivity index is 1.86. The van der Waals surface area contributed by atoms with Crippen molar-refractivity contribution in [3.63, 3.8) is 0 Å². The molecular formula is C20H24N2O5. The van der Waals surface area contributed by atoms with E-state index < -0.39 is 17.7 Å². The van der Waals surface area contributed by atoms with E-state index in [0.717, 1.165) is 16.8 Å². The number of alkyl carbamates (subject to hydrolysis) is 1. The molecule has 0 aromatic heterocycles. The van der Waals surface area contributed by atoms with Gasteiger partial charge >= 0.3 is 12.1 Å². The summed E-state index contributed by atoms with van der Waals surface area (Å²) < 4.78 is 5.18. The molecule has 7 nitrogen and oxygen atoms in total. The third kappa shape index (κ3) is 6.54. The number of hydrogen-bond donors (Lipinski definition) is 4. The van der Waals surface area contributed by atoms with Gasteiger partial charge in [0.2, 0.25) is 0 Å². The molecule has 0 aliphatic rings. The fourth-order valence-corrected chi connectivity index (χ4v) is 2.30. The number of hydrogen-bond acceptors (Lipinski definition) is 5. The van der Waals surface area contributed by atoms with Crippen LogP contribution < -0.4 is 10.6 Å². The first-order valence-electron chi connectivity index (χ1n) is 8.49. The molecule has 0 unspecified atom stereocenters. The number of aromatic carboxylic acids is 1. The van der Waals surface area contributed by atoms with E-state index in [2.05, 4.69) is 10.6 Å². The summed E-state index contributed by atoms with van der Waals surface area (Å²) in [5, 5.41) is 24.5. The monoisotopic (exact) mass is 372 g/mol. The van der Waals surface area contributed by atoms with E-state index in [-0.39, 0.29) is 11.3 Å². The maximum Gasteiger partial charge on any atom is 0.407 e. The molecule has 0 aliphatic carbocycles. The lowest BCUT2D eigenvalue weighted by molar-refractivity contribution is 0.0523. The number of carboxylic acids is 1. The zero-order valence-electron chi connectivity index (χ0n) is 15.6. The third-order valence-corrected chi connectivity index (χ3v) is 3.58. The highest BCUT2D eigenvalue weighted by Gasteiger charge is 2.15. The van der Waals surface area contributed by atoms with Crippen molar-refractivity contribution in [1.82, 2.24) is 5.32 Å². The summed E-state index contributed by atoms with van der Waals surface area (Å²) in [5.74, 6) is -1.42. The van der Waals surface area contributed by atoms with Crippen LogP contribution in [0.5, 0.6) is 5.75 Å². The molecule has 0 saturated heterocycles. The van der Waals surface area contributed by atoms with Crippen molar-refractivity contribution >= 4 is 17.7 Å². The summed E-state index contributed by atoms with van der Waals surface area (Å²) in [6, 6.07) is 12.0. The largest absolute Gasteiger partial charge is 0.507 e. The Morgan fingerprint density at radius 1 is 1.00 bits per heavy atom. The van der Waals surface area contributed by atoms with E-state index in [1.807, 2.05) is 45.0 Å². The number of phenols is 1. The summed E-state index contributed by atoms with van der Waals surface area (Å²) in [6.45, 7) is 6.22. The molecule has 7 heteroatoms. The minimum atomic E-state index is -1.16. The lowest BCUT2D eigenvalue weighted by atomic mass is 10.1. The van der Waals surface area contributed by atoms with Crippen LogP contribution in [-0.2, 0) is 17.8 Å². The van der Waals surface area contributed by atoms with Crippen LogP contribution in [0.3, 0.4) is 0 Å². The second-order valence-corrected chi connectivity index (χ2v) is 7.06. The maximum atomic E-state index is 11.6. The van der Waals surface area contributed by atoms with Crippen molar-refractivity contribution in [3.05, 3.63) is 59.2 Å². The van der Waals surface area contributed by atoms with Gasteiger partial charge in [-0.3, -0.25) is 0 Å². The Hall–Kier alpha value is -3.22. The second kappa shape index (κ2) is 8.44. The van der Waals surface area contributed by atoms with Gasteiger partial charge in [-0.15, -0.1) is 0 Å². The minimum Gasteiger partial charge on any atom is -0.507 e. The number of ether oxygens (including phenoxy) is 1. The Labute approximate surface area is 158 Å².